The standard InChI is InChI=1S/C17H12N4O5/c22-16(19-13-8-3-9-18-15(13)21(25)26)11-6-1-4-10-5-2-7-12(14(10)11)17(23)20-24/h1-9,24H,(H,19,22)(H,20,23). The molecule has 26 heavy (non-hydrogen) atoms. The van der Waals surface area contributed by atoms with Crippen molar-refractivity contribution in [3.8, 4) is 0 Å². The Hall–Kier alpha value is -3.85. The number of hydrogen-bond donors (Lipinski definition) is 3. The van der Waals surface area contributed by atoms with Gasteiger partial charge >= 0.3 is 5.82 Å². The Morgan fingerprint density at radius 2 is 1.65 bits per heavy atom. The molecule has 0 radical (unpaired) electrons. The van der Waals surface area contributed by atoms with Crippen LogP contribution < -0.4 is 10.8 Å². The summed E-state index contributed by atoms with van der Waals surface area (Å²) >= 11 is 0. The van der Waals surface area contributed by atoms with Crippen LogP contribution in [0.2, 0.25) is 0 Å². The van der Waals surface area contributed by atoms with Gasteiger partial charge in [-0.25, -0.2) is 5.48 Å². The number of rotatable bonds is 4. The van der Waals surface area contributed by atoms with Gasteiger partial charge < -0.3 is 15.4 Å². The lowest BCUT2D eigenvalue weighted by atomic mass is 9.98. The van der Waals surface area contributed by atoms with Crippen LogP contribution in [0.15, 0.2) is 54.7 Å². The van der Waals surface area contributed by atoms with E-state index in [-0.39, 0.29) is 16.8 Å². The van der Waals surface area contributed by atoms with E-state index >= 15 is 0 Å². The zero-order valence-corrected chi connectivity index (χ0v) is 13.2. The first-order chi connectivity index (χ1) is 12.5. The maximum atomic E-state index is 12.7. The third-order valence-corrected chi connectivity index (χ3v) is 3.70. The van der Waals surface area contributed by atoms with Gasteiger partial charge in [-0.15, -0.1) is 0 Å². The average molecular weight is 352 g/mol. The summed E-state index contributed by atoms with van der Waals surface area (Å²) < 4.78 is 0. The van der Waals surface area contributed by atoms with E-state index in [2.05, 4.69) is 10.3 Å². The Morgan fingerprint density at radius 3 is 2.27 bits per heavy atom. The SMILES string of the molecule is O=C(NO)c1cccc2cccc(C(=O)Nc3cccnc3[N+](=O)[O-])c12. The number of benzene rings is 2. The Balaban J connectivity index is 2.10. The van der Waals surface area contributed by atoms with Gasteiger partial charge in [-0.1, -0.05) is 24.3 Å². The molecule has 9 heteroatoms. The van der Waals surface area contributed by atoms with E-state index in [1.807, 2.05) is 0 Å². The number of aromatic nitrogens is 1. The van der Waals surface area contributed by atoms with E-state index in [1.165, 1.54) is 30.5 Å². The van der Waals surface area contributed by atoms with Crippen LogP contribution in [0.5, 0.6) is 0 Å². The summed E-state index contributed by atoms with van der Waals surface area (Å²) in [7, 11) is 0. The van der Waals surface area contributed by atoms with Gasteiger partial charge in [0.1, 0.15) is 11.9 Å². The van der Waals surface area contributed by atoms with E-state index in [0.29, 0.717) is 10.8 Å². The molecule has 1 heterocycles. The van der Waals surface area contributed by atoms with Crippen LogP contribution in [-0.4, -0.2) is 26.9 Å². The summed E-state index contributed by atoms with van der Waals surface area (Å²) in [6.07, 6.45) is 1.25. The van der Waals surface area contributed by atoms with Crippen molar-refractivity contribution >= 4 is 34.1 Å². The first-order valence-corrected chi connectivity index (χ1v) is 7.40. The third-order valence-electron chi connectivity index (χ3n) is 3.70. The maximum Gasteiger partial charge on any atom is 0.387 e. The van der Waals surface area contributed by atoms with Crippen LogP contribution in [0.25, 0.3) is 10.8 Å². The molecule has 0 saturated heterocycles. The normalized spacial score (nSPS) is 10.3. The molecule has 0 atom stereocenters. The molecule has 1 aromatic heterocycles. The molecule has 0 saturated carbocycles. The van der Waals surface area contributed by atoms with Crippen molar-refractivity contribution in [1.29, 1.82) is 0 Å². The highest BCUT2D eigenvalue weighted by Gasteiger charge is 2.20. The minimum Gasteiger partial charge on any atom is -0.358 e. The molecule has 0 aliphatic carbocycles. The highest BCUT2D eigenvalue weighted by atomic mass is 16.6. The fourth-order valence-corrected chi connectivity index (χ4v) is 2.61. The number of hydrogen-bond acceptors (Lipinski definition) is 6. The van der Waals surface area contributed by atoms with E-state index < -0.39 is 22.6 Å². The zero-order chi connectivity index (χ0) is 18.7. The first kappa shape index (κ1) is 17.0. The van der Waals surface area contributed by atoms with Crippen molar-refractivity contribution in [3.05, 3.63) is 76.0 Å². The van der Waals surface area contributed by atoms with Gasteiger partial charge in [-0.05, 0) is 39.6 Å². The van der Waals surface area contributed by atoms with Crippen LogP contribution in [-0.2, 0) is 0 Å². The number of pyridine rings is 1. The number of fused-ring (bicyclic) bond motifs is 1. The lowest BCUT2D eigenvalue weighted by Gasteiger charge is -2.11. The van der Waals surface area contributed by atoms with Gasteiger partial charge in [0.2, 0.25) is 0 Å². The zero-order valence-electron chi connectivity index (χ0n) is 13.2. The molecule has 2 amide bonds. The van der Waals surface area contributed by atoms with Gasteiger partial charge in [-0.3, -0.25) is 14.8 Å². The fourth-order valence-electron chi connectivity index (χ4n) is 2.61. The van der Waals surface area contributed by atoms with Crippen LogP contribution in [0.1, 0.15) is 20.7 Å². The van der Waals surface area contributed by atoms with Gasteiger partial charge in [0.25, 0.3) is 11.8 Å². The van der Waals surface area contributed by atoms with Gasteiger partial charge in [0.05, 0.1) is 5.56 Å². The highest BCUT2D eigenvalue weighted by Crippen LogP contribution is 2.26. The molecule has 3 N–H and O–H groups in total. The van der Waals surface area contributed by atoms with Crippen molar-refractivity contribution in [2.75, 3.05) is 5.32 Å². The van der Waals surface area contributed by atoms with Crippen molar-refractivity contribution in [2.24, 2.45) is 0 Å². The summed E-state index contributed by atoms with van der Waals surface area (Å²) in [5.41, 5.74) is 1.70. The molecule has 0 aliphatic rings. The molecular weight excluding hydrogens is 340 g/mol. The highest BCUT2D eigenvalue weighted by molar-refractivity contribution is 6.18. The summed E-state index contributed by atoms with van der Waals surface area (Å²) in [6.45, 7) is 0. The van der Waals surface area contributed by atoms with Gasteiger partial charge in [-0.2, -0.15) is 0 Å². The third kappa shape index (κ3) is 3.06. The van der Waals surface area contributed by atoms with Crippen LogP contribution in [0, 0.1) is 10.1 Å². The molecule has 0 unspecified atom stereocenters. The molecule has 3 rings (SSSR count). The summed E-state index contributed by atoms with van der Waals surface area (Å²) in [6, 6.07) is 12.4. The number of nitrogens with one attached hydrogen (secondary N) is 2. The van der Waals surface area contributed by atoms with Crippen LogP contribution in [0.4, 0.5) is 11.5 Å². The first-order valence-electron chi connectivity index (χ1n) is 7.40. The van der Waals surface area contributed by atoms with E-state index in [4.69, 9.17) is 5.21 Å². The van der Waals surface area contributed by atoms with Crippen molar-refractivity contribution in [2.45, 2.75) is 0 Å². The molecular formula is C17H12N4O5. The second-order valence-electron chi connectivity index (χ2n) is 5.24. The van der Waals surface area contributed by atoms with E-state index in [0.717, 1.165) is 0 Å². The Labute approximate surface area is 146 Å². The van der Waals surface area contributed by atoms with Gasteiger partial charge in [0.15, 0.2) is 0 Å². The molecule has 130 valence electrons. The number of carbonyl (C=O) groups excluding carboxylic acids is 2. The summed E-state index contributed by atoms with van der Waals surface area (Å²) in [5, 5.41) is 23.3. The quantitative estimate of drug-likeness (QED) is 0.375. The predicted molar refractivity (Wildman–Crippen MR) is 92.0 cm³/mol. The molecule has 9 nitrogen and oxygen atoms in total. The molecule has 0 aliphatic heterocycles. The molecule has 0 fully saturated rings. The number of hydroxylamine groups is 1. The predicted octanol–water partition coefficient (Wildman–Crippen LogP) is 2.51. The lowest BCUT2D eigenvalue weighted by molar-refractivity contribution is -0.388. The minimum atomic E-state index is -0.775. The number of nitrogens with zero attached hydrogens (tertiary/aromatic N) is 2. The van der Waals surface area contributed by atoms with Crippen molar-refractivity contribution in [1.82, 2.24) is 10.5 Å². The maximum absolute atomic E-state index is 12.7. The molecule has 3 aromatic rings. The number of amides is 2. The number of anilines is 1. The van der Waals surface area contributed by atoms with E-state index in [9.17, 15) is 19.7 Å². The Bertz CT molecular complexity index is 1030. The molecule has 0 bridgehead atoms. The Kier molecular flexibility index (Phi) is 4.54. The molecule has 2 aromatic carbocycles. The second kappa shape index (κ2) is 6.95. The van der Waals surface area contributed by atoms with Crippen molar-refractivity contribution < 1.29 is 19.7 Å². The topological polar surface area (TPSA) is 134 Å². The summed E-state index contributed by atoms with van der Waals surface area (Å²) in [5.74, 6) is -1.91. The largest absolute Gasteiger partial charge is 0.387 e. The lowest BCUT2D eigenvalue weighted by Crippen LogP contribution is -2.20. The Morgan fingerprint density at radius 1 is 1.00 bits per heavy atom. The second-order valence-corrected chi connectivity index (χ2v) is 5.24. The van der Waals surface area contributed by atoms with Crippen LogP contribution >= 0.6 is 0 Å². The number of nitro groups is 1. The van der Waals surface area contributed by atoms with Crippen molar-refractivity contribution in [3.63, 3.8) is 0 Å². The van der Waals surface area contributed by atoms with Crippen LogP contribution in [0.3, 0.4) is 0 Å². The number of carbonyl (C=O) groups is 2. The van der Waals surface area contributed by atoms with Gasteiger partial charge in [0, 0.05) is 10.9 Å². The minimum absolute atomic E-state index is 0.0661. The summed E-state index contributed by atoms with van der Waals surface area (Å²) in [4.78, 5) is 38.6. The van der Waals surface area contributed by atoms with E-state index in [1.54, 1.807) is 29.7 Å². The smallest absolute Gasteiger partial charge is 0.358 e. The average Bonchev–Trinajstić information content (AvgIpc) is 2.66. The molecule has 0 spiro atoms. The monoisotopic (exact) mass is 352 g/mol. The fraction of sp³-hybridized carbons (Fsp3) is 0.